The minimum absolute atomic E-state index is 0.122. The highest BCUT2D eigenvalue weighted by Gasteiger charge is 2.32. The zero-order valence-corrected chi connectivity index (χ0v) is 11.7. The van der Waals surface area contributed by atoms with Crippen molar-refractivity contribution in [2.24, 2.45) is 0 Å². The van der Waals surface area contributed by atoms with Crippen LogP contribution >= 0.6 is 7.29 Å². The van der Waals surface area contributed by atoms with E-state index < -0.39 is 7.29 Å². The highest BCUT2D eigenvalue weighted by molar-refractivity contribution is 7.62. The van der Waals surface area contributed by atoms with Crippen molar-refractivity contribution in [2.45, 2.75) is 38.9 Å². The maximum atomic E-state index is 12.5. The monoisotopic (exact) mass is 239 g/mol. The van der Waals surface area contributed by atoms with Crippen molar-refractivity contribution in [2.75, 3.05) is 6.66 Å². The Balaban J connectivity index is 2.80. The fraction of sp³-hybridized carbons (Fsp3) is 0.538. The zero-order chi connectivity index (χ0) is 12.4. The number of hydrogen-bond donors (Lipinski definition) is 1. The van der Waals surface area contributed by atoms with Crippen LogP contribution in [-0.2, 0) is 4.57 Å². The van der Waals surface area contributed by atoms with Crippen molar-refractivity contribution in [1.29, 1.82) is 0 Å². The van der Waals surface area contributed by atoms with E-state index in [2.05, 4.69) is 24.1 Å². The molecule has 2 nitrogen and oxygen atoms in total. The zero-order valence-electron chi connectivity index (χ0n) is 10.8. The molecule has 1 N–H and O–H groups in total. The molecule has 2 unspecified atom stereocenters. The van der Waals surface area contributed by atoms with Crippen molar-refractivity contribution < 1.29 is 4.57 Å². The molecule has 0 spiro atoms. The summed E-state index contributed by atoms with van der Waals surface area (Å²) in [5.41, 5.74) is 1.17. The number of benzene rings is 1. The van der Waals surface area contributed by atoms with Crippen molar-refractivity contribution in [3.63, 3.8) is 0 Å². The first-order valence-electron chi connectivity index (χ1n) is 5.64. The van der Waals surface area contributed by atoms with E-state index in [1.165, 1.54) is 5.56 Å². The first-order valence-corrected chi connectivity index (χ1v) is 7.80. The van der Waals surface area contributed by atoms with Gasteiger partial charge in [0, 0.05) is 17.9 Å². The molecule has 0 fully saturated rings. The van der Waals surface area contributed by atoms with E-state index in [1.807, 2.05) is 45.6 Å². The summed E-state index contributed by atoms with van der Waals surface area (Å²) >= 11 is 0. The van der Waals surface area contributed by atoms with E-state index >= 15 is 0 Å². The summed E-state index contributed by atoms with van der Waals surface area (Å²) < 4.78 is 12.5. The Kier molecular flexibility index (Phi) is 3.98. The average Bonchev–Trinajstić information content (AvgIpc) is 2.16. The molecule has 0 aliphatic heterocycles. The molecule has 0 aliphatic carbocycles. The molecule has 0 aromatic heterocycles. The second kappa shape index (κ2) is 4.73. The van der Waals surface area contributed by atoms with Gasteiger partial charge in [-0.3, -0.25) is 5.09 Å². The molecular weight excluding hydrogens is 217 g/mol. The minimum Gasteiger partial charge on any atom is -0.306 e. The van der Waals surface area contributed by atoms with E-state index in [1.54, 1.807) is 0 Å². The van der Waals surface area contributed by atoms with E-state index in [4.69, 9.17) is 0 Å². The maximum Gasteiger partial charge on any atom is 0.150 e. The Morgan fingerprint density at radius 1 is 1.19 bits per heavy atom. The average molecular weight is 239 g/mol. The fourth-order valence-corrected chi connectivity index (χ4v) is 2.65. The van der Waals surface area contributed by atoms with Crippen molar-refractivity contribution in [3.05, 3.63) is 35.9 Å². The highest BCUT2D eigenvalue weighted by Crippen LogP contribution is 2.52. The van der Waals surface area contributed by atoms with Gasteiger partial charge in [0.15, 0.2) is 0 Å². The molecule has 0 saturated heterocycles. The molecule has 2 atom stereocenters. The largest absolute Gasteiger partial charge is 0.306 e. The van der Waals surface area contributed by atoms with E-state index in [0.717, 1.165) is 0 Å². The van der Waals surface area contributed by atoms with Crippen molar-refractivity contribution in [1.82, 2.24) is 5.09 Å². The van der Waals surface area contributed by atoms with E-state index in [0.29, 0.717) is 0 Å². The van der Waals surface area contributed by atoms with E-state index in [-0.39, 0.29) is 11.2 Å². The molecule has 0 saturated carbocycles. The van der Waals surface area contributed by atoms with Crippen LogP contribution in [0.3, 0.4) is 0 Å². The van der Waals surface area contributed by atoms with Crippen LogP contribution in [0, 0.1) is 0 Å². The molecule has 0 aliphatic rings. The Labute approximate surface area is 98.9 Å². The minimum atomic E-state index is -2.35. The van der Waals surface area contributed by atoms with Gasteiger partial charge in [0.25, 0.3) is 0 Å². The molecule has 0 heterocycles. The summed E-state index contributed by atoms with van der Waals surface area (Å²) in [7, 11) is -2.35. The molecular formula is C13H22NOP. The van der Waals surface area contributed by atoms with Gasteiger partial charge in [-0.1, -0.05) is 51.1 Å². The SMILES string of the molecule is CC(NP(C)(=O)C(C)(C)C)c1ccccc1. The van der Waals surface area contributed by atoms with Crippen molar-refractivity contribution in [3.8, 4) is 0 Å². The Morgan fingerprint density at radius 2 is 1.69 bits per heavy atom. The first kappa shape index (κ1) is 13.5. The standard InChI is InChI=1S/C13H22NOP/c1-11(12-9-7-6-8-10-12)14-16(5,15)13(2,3)4/h6-11H,1-5H3,(H,14,15). The topological polar surface area (TPSA) is 29.1 Å². The van der Waals surface area contributed by atoms with Crippen LogP contribution in [0.15, 0.2) is 30.3 Å². The van der Waals surface area contributed by atoms with Gasteiger partial charge in [-0.05, 0) is 12.5 Å². The van der Waals surface area contributed by atoms with Crippen LogP contribution in [0.4, 0.5) is 0 Å². The molecule has 90 valence electrons. The molecule has 1 aromatic rings. The summed E-state index contributed by atoms with van der Waals surface area (Å²) in [6, 6.07) is 10.2. The lowest BCUT2D eigenvalue weighted by atomic mass is 10.1. The molecule has 0 radical (unpaired) electrons. The van der Waals surface area contributed by atoms with Gasteiger partial charge in [-0.25, -0.2) is 0 Å². The van der Waals surface area contributed by atoms with Crippen LogP contribution in [0.1, 0.15) is 39.3 Å². The van der Waals surface area contributed by atoms with Gasteiger partial charge in [-0.2, -0.15) is 0 Å². The molecule has 1 rings (SSSR count). The lowest BCUT2D eigenvalue weighted by Crippen LogP contribution is -2.27. The number of nitrogens with one attached hydrogen (secondary N) is 1. The van der Waals surface area contributed by atoms with Crippen molar-refractivity contribution >= 4 is 7.29 Å². The maximum absolute atomic E-state index is 12.5. The Hall–Kier alpha value is -0.590. The van der Waals surface area contributed by atoms with Gasteiger partial charge < -0.3 is 4.57 Å². The Bertz CT molecular complexity index is 381. The highest BCUT2D eigenvalue weighted by atomic mass is 31.2. The Morgan fingerprint density at radius 3 is 2.12 bits per heavy atom. The van der Waals surface area contributed by atoms with Crippen LogP contribution in [-0.4, -0.2) is 11.8 Å². The number of rotatable bonds is 3. The molecule has 16 heavy (non-hydrogen) atoms. The molecule has 0 amide bonds. The third-order valence-electron chi connectivity index (χ3n) is 3.02. The summed E-state index contributed by atoms with van der Waals surface area (Å²) in [6.07, 6.45) is 0. The van der Waals surface area contributed by atoms with Gasteiger partial charge in [-0.15, -0.1) is 0 Å². The molecule has 0 bridgehead atoms. The van der Waals surface area contributed by atoms with Gasteiger partial charge in [0.05, 0.1) is 0 Å². The number of hydrogen-bond acceptors (Lipinski definition) is 1. The lowest BCUT2D eigenvalue weighted by molar-refractivity contribution is 0.529. The van der Waals surface area contributed by atoms with Crippen LogP contribution in [0.2, 0.25) is 0 Å². The van der Waals surface area contributed by atoms with Crippen LogP contribution in [0.5, 0.6) is 0 Å². The van der Waals surface area contributed by atoms with Gasteiger partial charge in [0.1, 0.15) is 7.29 Å². The van der Waals surface area contributed by atoms with Gasteiger partial charge in [0.2, 0.25) is 0 Å². The second-order valence-corrected chi connectivity index (χ2v) is 8.80. The fourth-order valence-electron chi connectivity index (χ4n) is 1.38. The van der Waals surface area contributed by atoms with Gasteiger partial charge >= 0.3 is 0 Å². The quantitative estimate of drug-likeness (QED) is 0.806. The third kappa shape index (κ3) is 3.20. The van der Waals surface area contributed by atoms with Crippen LogP contribution < -0.4 is 5.09 Å². The summed E-state index contributed by atoms with van der Waals surface area (Å²) in [6.45, 7) is 9.92. The first-order chi connectivity index (χ1) is 7.24. The summed E-state index contributed by atoms with van der Waals surface area (Å²) in [5, 5.41) is 3.07. The van der Waals surface area contributed by atoms with Crippen LogP contribution in [0.25, 0.3) is 0 Å². The summed E-state index contributed by atoms with van der Waals surface area (Å²) in [4.78, 5) is 0. The predicted octanol–water partition coefficient (Wildman–Crippen LogP) is 4.04. The predicted molar refractivity (Wildman–Crippen MR) is 71.3 cm³/mol. The molecule has 1 aromatic carbocycles. The second-order valence-electron chi connectivity index (χ2n) is 5.36. The summed E-state index contributed by atoms with van der Waals surface area (Å²) in [5.74, 6) is 0. The third-order valence-corrected chi connectivity index (χ3v) is 6.46. The smallest absolute Gasteiger partial charge is 0.150 e. The van der Waals surface area contributed by atoms with E-state index in [9.17, 15) is 4.57 Å². The molecule has 3 heteroatoms. The normalized spacial score (nSPS) is 17.8. The lowest BCUT2D eigenvalue weighted by Gasteiger charge is -2.31.